The maximum Gasteiger partial charge on any atom is 0.344 e. The summed E-state index contributed by atoms with van der Waals surface area (Å²) in [5.74, 6) is -2.35. The van der Waals surface area contributed by atoms with E-state index in [9.17, 15) is 19.2 Å². The number of carbonyl (C=O) groups excluding carboxylic acids is 4. The number of para-hydroxylation sites is 1. The zero-order chi connectivity index (χ0) is 21.2. The van der Waals surface area contributed by atoms with Crippen molar-refractivity contribution < 1.29 is 38.1 Å². The fraction of sp³-hybridized carbons (Fsp3) is 0.200. The molecule has 0 unspecified atom stereocenters. The zero-order valence-corrected chi connectivity index (χ0v) is 15.8. The van der Waals surface area contributed by atoms with Crippen LogP contribution in [0.3, 0.4) is 0 Å². The Kier molecular flexibility index (Phi) is 7.72. The molecule has 0 aliphatic rings. The maximum absolute atomic E-state index is 12.1. The van der Waals surface area contributed by atoms with Gasteiger partial charge in [0, 0.05) is 0 Å². The van der Waals surface area contributed by atoms with Crippen LogP contribution >= 0.6 is 0 Å². The first-order valence-corrected chi connectivity index (χ1v) is 8.38. The second kappa shape index (κ2) is 10.5. The maximum atomic E-state index is 12.1. The van der Waals surface area contributed by atoms with E-state index in [1.54, 1.807) is 30.3 Å². The third-order valence-electron chi connectivity index (χ3n) is 3.58. The third-order valence-corrected chi connectivity index (χ3v) is 3.58. The molecule has 0 saturated heterocycles. The Morgan fingerprint density at radius 2 is 1.55 bits per heavy atom. The van der Waals surface area contributed by atoms with Crippen LogP contribution in [0.15, 0.2) is 48.5 Å². The molecule has 2 aromatic carbocycles. The Morgan fingerprint density at radius 3 is 2.21 bits per heavy atom. The summed E-state index contributed by atoms with van der Waals surface area (Å²) in [4.78, 5) is 47.4. The van der Waals surface area contributed by atoms with Gasteiger partial charge in [-0.3, -0.25) is 4.79 Å². The first kappa shape index (κ1) is 21.4. The Morgan fingerprint density at radius 1 is 0.862 bits per heavy atom. The van der Waals surface area contributed by atoms with Crippen molar-refractivity contribution in [2.75, 3.05) is 32.8 Å². The molecule has 0 saturated carbocycles. The van der Waals surface area contributed by atoms with Crippen LogP contribution in [-0.4, -0.2) is 51.2 Å². The quantitative estimate of drug-likeness (QED) is 0.526. The lowest BCUT2D eigenvalue weighted by Crippen LogP contribution is -2.24. The molecule has 2 aromatic rings. The third kappa shape index (κ3) is 6.35. The van der Waals surface area contributed by atoms with Crippen LogP contribution in [0.2, 0.25) is 0 Å². The van der Waals surface area contributed by atoms with Crippen LogP contribution < -0.4 is 10.1 Å². The van der Waals surface area contributed by atoms with Crippen molar-refractivity contribution in [1.82, 2.24) is 0 Å². The molecule has 9 heteroatoms. The van der Waals surface area contributed by atoms with Crippen molar-refractivity contribution in [3.8, 4) is 5.75 Å². The minimum Gasteiger partial charge on any atom is -0.482 e. The van der Waals surface area contributed by atoms with Crippen LogP contribution in [0.5, 0.6) is 5.75 Å². The average molecular weight is 401 g/mol. The number of rotatable bonds is 8. The number of nitrogens with one attached hydrogen (secondary N) is 1. The SMILES string of the molecule is COC(=O)c1ccc(C(=O)OC)c(NC(=O)COC(=O)COc2ccccc2)c1. The topological polar surface area (TPSA) is 117 Å². The predicted octanol–water partition coefficient (Wildman–Crippen LogP) is 1.82. The van der Waals surface area contributed by atoms with Gasteiger partial charge in [0.2, 0.25) is 0 Å². The van der Waals surface area contributed by atoms with Crippen molar-refractivity contribution >= 4 is 29.5 Å². The molecule has 0 fully saturated rings. The van der Waals surface area contributed by atoms with E-state index in [1.165, 1.54) is 32.4 Å². The highest BCUT2D eigenvalue weighted by molar-refractivity contribution is 6.04. The lowest BCUT2D eigenvalue weighted by atomic mass is 10.1. The van der Waals surface area contributed by atoms with Gasteiger partial charge in [-0.05, 0) is 30.3 Å². The van der Waals surface area contributed by atoms with Crippen LogP contribution in [-0.2, 0) is 23.8 Å². The standard InChI is InChI=1S/C20H19NO8/c1-26-19(24)13-8-9-15(20(25)27-2)16(10-13)21-17(22)11-29-18(23)12-28-14-6-4-3-5-7-14/h3-10H,11-12H2,1-2H3,(H,21,22). The number of ether oxygens (including phenoxy) is 4. The zero-order valence-electron chi connectivity index (χ0n) is 15.8. The summed E-state index contributed by atoms with van der Waals surface area (Å²) in [6.45, 7) is -0.984. The lowest BCUT2D eigenvalue weighted by molar-refractivity contribution is -0.149. The van der Waals surface area contributed by atoms with E-state index in [2.05, 4.69) is 14.8 Å². The Hall–Kier alpha value is -3.88. The van der Waals surface area contributed by atoms with Gasteiger partial charge >= 0.3 is 17.9 Å². The Balaban J connectivity index is 1.96. The van der Waals surface area contributed by atoms with Crippen molar-refractivity contribution in [3.05, 3.63) is 59.7 Å². The van der Waals surface area contributed by atoms with Crippen molar-refractivity contribution in [2.45, 2.75) is 0 Å². The second-order valence-corrected chi connectivity index (χ2v) is 5.55. The van der Waals surface area contributed by atoms with Crippen LogP contribution in [0.4, 0.5) is 5.69 Å². The number of carbonyl (C=O) groups is 4. The van der Waals surface area contributed by atoms with Crippen molar-refractivity contribution in [1.29, 1.82) is 0 Å². The smallest absolute Gasteiger partial charge is 0.344 e. The molecule has 0 spiro atoms. The van der Waals surface area contributed by atoms with Gasteiger partial charge in [-0.25, -0.2) is 14.4 Å². The van der Waals surface area contributed by atoms with Crippen molar-refractivity contribution in [3.63, 3.8) is 0 Å². The van der Waals surface area contributed by atoms with Gasteiger partial charge in [0.15, 0.2) is 13.2 Å². The monoisotopic (exact) mass is 401 g/mol. The van der Waals surface area contributed by atoms with Crippen LogP contribution in [0.1, 0.15) is 20.7 Å². The molecule has 29 heavy (non-hydrogen) atoms. The summed E-state index contributed by atoms with van der Waals surface area (Å²) in [7, 11) is 2.38. The van der Waals surface area contributed by atoms with Gasteiger partial charge in [-0.15, -0.1) is 0 Å². The molecule has 0 aliphatic carbocycles. The Bertz CT molecular complexity index is 895. The average Bonchev–Trinajstić information content (AvgIpc) is 2.75. The summed E-state index contributed by atoms with van der Waals surface area (Å²) in [6.07, 6.45) is 0. The summed E-state index contributed by atoms with van der Waals surface area (Å²) in [6, 6.07) is 12.6. The summed E-state index contributed by atoms with van der Waals surface area (Å²) < 4.78 is 19.3. The highest BCUT2D eigenvalue weighted by Crippen LogP contribution is 2.20. The molecule has 2 rings (SSSR count). The molecule has 0 atom stereocenters. The van der Waals surface area contributed by atoms with Crippen LogP contribution in [0, 0.1) is 0 Å². The van der Waals surface area contributed by atoms with E-state index in [0.29, 0.717) is 5.75 Å². The first-order valence-electron chi connectivity index (χ1n) is 8.38. The van der Waals surface area contributed by atoms with Crippen LogP contribution in [0.25, 0.3) is 0 Å². The minimum absolute atomic E-state index is 0.0151. The fourth-order valence-electron chi connectivity index (χ4n) is 2.21. The number of anilines is 1. The van der Waals surface area contributed by atoms with Gasteiger partial charge in [0.1, 0.15) is 5.75 Å². The first-order chi connectivity index (χ1) is 13.9. The number of methoxy groups -OCH3 is 2. The molecular formula is C20H19NO8. The minimum atomic E-state index is -0.750. The summed E-state index contributed by atoms with van der Waals surface area (Å²) >= 11 is 0. The Labute approximate surface area is 166 Å². The number of esters is 3. The summed E-state index contributed by atoms with van der Waals surface area (Å²) in [5, 5.41) is 2.41. The fourth-order valence-corrected chi connectivity index (χ4v) is 2.21. The summed E-state index contributed by atoms with van der Waals surface area (Å²) in [5.41, 5.74) is 0.150. The van der Waals surface area contributed by atoms with Gasteiger partial charge in [0.25, 0.3) is 5.91 Å². The van der Waals surface area contributed by atoms with Gasteiger partial charge in [-0.1, -0.05) is 18.2 Å². The molecule has 0 heterocycles. The molecule has 152 valence electrons. The van der Waals surface area contributed by atoms with Gasteiger partial charge in [0.05, 0.1) is 31.0 Å². The second-order valence-electron chi connectivity index (χ2n) is 5.55. The number of amides is 1. The molecule has 1 amide bonds. The highest BCUT2D eigenvalue weighted by atomic mass is 16.6. The molecule has 0 aliphatic heterocycles. The molecule has 1 N–H and O–H groups in total. The van der Waals surface area contributed by atoms with E-state index in [4.69, 9.17) is 9.47 Å². The van der Waals surface area contributed by atoms with E-state index in [1.807, 2.05) is 0 Å². The van der Waals surface area contributed by atoms with E-state index < -0.39 is 30.4 Å². The number of benzene rings is 2. The van der Waals surface area contributed by atoms with E-state index in [-0.39, 0.29) is 23.4 Å². The molecule has 0 bridgehead atoms. The molecular weight excluding hydrogens is 382 g/mol. The van der Waals surface area contributed by atoms with E-state index >= 15 is 0 Å². The van der Waals surface area contributed by atoms with Gasteiger partial charge < -0.3 is 24.3 Å². The number of hydrogen-bond acceptors (Lipinski definition) is 8. The normalized spacial score (nSPS) is 9.86. The number of hydrogen-bond donors (Lipinski definition) is 1. The largest absolute Gasteiger partial charge is 0.482 e. The molecule has 0 radical (unpaired) electrons. The molecule has 0 aromatic heterocycles. The van der Waals surface area contributed by atoms with Gasteiger partial charge in [-0.2, -0.15) is 0 Å². The lowest BCUT2D eigenvalue weighted by Gasteiger charge is -2.12. The van der Waals surface area contributed by atoms with Crippen molar-refractivity contribution in [2.24, 2.45) is 0 Å². The predicted molar refractivity (Wildman–Crippen MR) is 101 cm³/mol. The van der Waals surface area contributed by atoms with E-state index in [0.717, 1.165) is 0 Å². The highest BCUT2D eigenvalue weighted by Gasteiger charge is 2.18. The molecule has 9 nitrogen and oxygen atoms in total.